The molecule has 3 rings (SSSR count). The van der Waals surface area contributed by atoms with E-state index < -0.39 is 0 Å². The van der Waals surface area contributed by atoms with Crippen molar-refractivity contribution < 1.29 is 0 Å². The second-order valence-corrected chi connectivity index (χ2v) is 6.69. The Hall–Kier alpha value is -3.15. The maximum Gasteiger partial charge on any atom is 0.192 e. The minimum absolute atomic E-state index is 0.171. The van der Waals surface area contributed by atoms with Crippen molar-refractivity contribution in [2.75, 3.05) is 6.54 Å². The number of aromatic nitrogens is 3. The molecule has 6 heteroatoms. The topological polar surface area (TPSA) is 78.0 Å². The van der Waals surface area contributed by atoms with Gasteiger partial charge in [-0.15, -0.1) is 0 Å². The van der Waals surface area contributed by atoms with Crippen LogP contribution < -0.4 is 10.6 Å². The predicted octanol–water partition coefficient (Wildman–Crippen LogP) is 3.85. The summed E-state index contributed by atoms with van der Waals surface area (Å²) in [6.45, 7) is 7.79. The highest BCUT2D eigenvalue weighted by molar-refractivity contribution is 5.80. The first-order valence-corrected chi connectivity index (χ1v) is 9.78. The van der Waals surface area contributed by atoms with Crippen LogP contribution in [0, 0.1) is 0 Å². The van der Waals surface area contributed by atoms with E-state index in [1.165, 1.54) is 17.5 Å². The Bertz CT molecular complexity index is 884. The third kappa shape index (κ3) is 5.19. The standard InChI is InChI=1S/C22H28N6/c1-4-17-9-11-19(12-10-17)16(3)27-22(23-5-2)24-14-18-7-6-8-20(13-18)21-25-15-26-28-21/h6-13,15-16H,4-5,14H2,1-3H3,(H2,23,24,27)(H,25,26,28). The van der Waals surface area contributed by atoms with E-state index in [1.54, 1.807) is 0 Å². The SMILES string of the molecule is CCNC(=NCc1cccc(-c2ncn[nH]2)c1)NC(C)c1ccc(CC)cc1. The molecule has 3 N–H and O–H groups in total. The van der Waals surface area contributed by atoms with Crippen molar-refractivity contribution in [3.8, 4) is 11.4 Å². The summed E-state index contributed by atoms with van der Waals surface area (Å²) >= 11 is 0. The number of aryl methyl sites for hydroxylation is 1. The first-order valence-electron chi connectivity index (χ1n) is 9.78. The van der Waals surface area contributed by atoms with Gasteiger partial charge in [-0.3, -0.25) is 5.10 Å². The molecule has 1 atom stereocenters. The molecule has 0 aliphatic rings. The van der Waals surface area contributed by atoms with Crippen LogP contribution in [-0.2, 0) is 13.0 Å². The van der Waals surface area contributed by atoms with Gasteiger partial charge in [-0.25, -0.2) is 9.98 Å². The van der Waals surface area contributed by atoms with Gasteiger partial charge in [-0.1, -0.05) is 49.4 Å². The summed E-state index contributed by atoms with van der Waals surface area (Å²) in [5.41, 5.74) is 4.72. The number of rotatable bonds is 7. The zero-order valence-electron chi connectivity index (χ0n) is 16.7. The number of guanidine groups is 1. The number of hydrogen-bond donors (Lipinski definition) is 3. The Morgan fingerprint density at radius 2 is 1.93 bits per heavy atom. The van der Waals surface area contributed by atoms with Crippen molar-refractivity contribution in [3.05, 3.63) is 71.5 Å². The molecule has 146 valence electrons. The zero-order chi connectivity index (χ0) is 19.8. The first kappa shape index (κ1) is 19.6. The average Bonchev–Trinajstić information content (AvgIpc) is 3.27. The lowest BCUT2D eigenvalue weighted by Gasteiger charge is -2.18. The summed E-state index contributed by atoms with van der Waals surface area (Å²) in [5, 5.41) is 13.6. The Kier molecular flexibility index (Phi) is 6.78. The summed E-state index contributed by atoms with van der Waals surface area (Å²) in [5.74, 6) is 1.57. The summed E-state index contributed by atoms with van der Waals surface area (Å²) < 4.78 is 0. The fourth-order valence-corrected chi connectivity index (χ4v) is 2.98. The maximum atomic E-state index is 4.75. The van der Waals surface area contributed by atoms with E-state index in [4.69, 9.17) is 4.99 Å². The predicted molar refractivity (Wildman–Crippen MR) is 114 cm³/mol. The van der Waals surface area contributed by atoms with Crippen LogP contribution in [0.25, 0.3) is 11.4 Å². The van der Waals surface area contributed by atoms with Gasteiger partial charge in [0, 0.05) is 12.1 Å². The van der Waals surface area contributed by atoms with Crippen molar-refractivity contribution in [2.24, 2.45) is 4.99 Å². The largest absolute Gasteiger partial charge is 0.357 e. The molecule has 28 heavy (non-hydrogen) atoms. The smallest absolute Gasteiger partial charge is 0.192 e. The molecule has 3 aromatic rings. The van der Waals surface area contributed by atoms with Gasteiger partial charge in [0.2, 0.25) is 0 Å². The number of hydrogen-bond acceptors (Lipinski definition) is 3. The van der Waals surface area contributed by atoms with E-state index in [0.29, 0.717) is 6.54 Å². The number of benzene rings is 2. The molecule has 0 saturated heterocycles. The normalized spacial score (nSPS) is 12.6. The van der Waals surface area contributed by atoms with Crippen molar-refractivity contribution in [2.45, 2.75) is 39.8 Å². The zero-order valence-corrected chi connectivity index (χ0v) is 16.7. The lowest BCUT2D eigenvalue weighted by molar-refractivity contribution is 0.686. The van der Waals surface area contributed by atoms with E-state index in [-0.39, 0.29) is 6.04 Å². The summed E-state index contributed by atoms with van der Waals surface area (Å²) in [6.07, 6.45) is 2.57. The maximum absolute atomic E-state index is 4.75. The monoisotopic (exact) mass is 376 g/mol. The molecule has 6 nitrogen and oxygen atoms in total. The van der Waals surface area contributed by atoms with Crippen molar-refractivity contribution >= 4 is 5.96 Å². The van der Waals surface area contributed by atoms with Crippen molar-refractivity contribution in [1.29, 1.82) is 0 Å². The molecular weight excluding hydrogens is 348 g/mol. The number of nitrogens with one attached hydrogen (secondary N) is 3. The van der Waals surface area contributed by atoms with Crippen LogP contribution in [0.15, 0.2) is 59.9 Å². The van der Waals surface area contributed by atoms with Crippen LogP contribution in [0.4, 0.5) is 0 Å². The molecular formula is C22H28N6. The lowest BCUT2D eigenvalue weighted by Crippen LogP contribution is -2.38. The second kappa shape index (κ2) is 9.69. The Balaban J connectivity index is 1.69. The van der Waals surface area contributed by atoms with Crippen LogP contribution in [0.2, 0.25) is 0 Å². The number of nitrogens with zero attached hydrogens (tertiary/aromatic N) is 3. The molecule has 1 aromatic heterocycles. The molecule has 2 aromatic carbocycles. The third-order valence-corrected chi connectivity index (χ3v) is 4.62. The molecule has 1 heterocycles. The van der Waals surface area contributed by atoms with Gasteiger partial charge in [-0.2, -0.15) is 5.10 Å². The van der Waals surface area contributed by atoms with Gasteiger partial charge in [0.25, 0.3) is 0 Å². The second-order valence-electron chi connectivity index (χ2n) is 6.69. The number of aromatic amines is 1. The van der Waals surface area contributed by atoms with E-state index in [2.05, 4.69) is 83.0 Å². The molecule has 0 radical (unpaired) electrons. The minimum atomic E-state index is 0.171. The van der Waals surface area contributed by atoms with Gasteiger partial charge >= 0.3 is 0 Å². The quantitative estimate of drug-likeness (QED) is 0.432. The van der Waals surface area contributed by atoms with Crippen molar-refractivity contribution in [3.63, 3.8) is 0 Å². The Morgan fingerprint density at radius 1 is 1.11 bits per heavy atom. The highest BCUT2D eigenvalue weighted by Crippen LogP contribution is 2.16. The molecule has 1 unspecified atom stereocenters. The molecule has 0 saturated carbocycles. The van der Waals surface area contributed by atoms with E-state index in [9.17, 15) is 0 Å². The number of aliphatic imine (C=N–C) groups is 1. The summed E-state index contributed by atoms with van der Waals surface area (Å²) in [7, 11) is 0. The summed E-state index contributed by atoms with van der Waals surface area (Å²) in [6, 6.07) is 17.1. The van der Waals surface area contributed by atoms with Crippen molar-refractivity contribution in [1.82, 2.24) is 25.8 Å². The molecule has 0 spiro atoms. The molecule has 0 fully saturated rings. The highest BCUT2D eigenvalue weighted by atomic mass is 15.2. The van der Waals surface area contributed by atoms with Gasteiger partial charge < -0.3 is 10.6 Å². The Labute approximate surface area is 166 Å². The highest BCUT2D eigenvalue weighted by Gasteiger charge is 2.08. The third-order valence-electron chi connectivity index (χ3n) is 4.62. The molecule has 0 aliphatic heterocycles. The minimum Gasteiger partial charge on any atom is -0.357 e. The van der Waals surface area contributed by atoms with E-state index in [1.807, 2.05) is 12.1 Å². The lowest BCUT2D eigenvalue weighted by atomic mass is 10.1. The first-order chi connectivity index (χ1) is 13.7. The van der Waals surface area contributed by atoms with Gasteiger partial charge in [0.15, 0.2) is 11.8 Å². The van der Waals surface area contributed by atoms with Gasteiger partial charge in [0.1, 0.15) is 6.33 Å². The molecule has 0 aliphatic carbocycles. The fraction of sp³-hybridized carbons (Fsp3) is 0.318. The van der Waals surface area contributed by atoms with Crippen LogP contribution in [0.3, 0.4) is 0 Å². The van der Waals surface area contributed by atoms with Gasteiger partial charge in [-0.05, 0) is 43.0 Å². The molecule has 0 amide bonds. The Morgan fingerprint density at radius 3 is 2.61 bits per heavy atom. The molecule has 0 bridgehead atoms. The van der Waals surface area contributed by atoms with Crippen LogP contribution in [-0.4, -0.2) is 27.7 Å². The van der Waals surface area contributed by atoms with Gasteiger partial charge in [0.05, 0.1) is 12.6 Å². The average molecular weight is 377 g/mol. The van der Waals surface area contributed by atoms with Crippen LogP contribution >= 0.6 is 0 Å². The fourth-order valence-electron chi connectivity index (χ4n) is 2.98. The summed E-state index contributed by atoms with van der Waals surface area (Å²) in [4.78, 5) is 8.96. The van der Waals surface area contributed by atoms with Crippen LogP contribution in [0.5, 0.6) is 0 Å². The van der Waals surface area contributed by atoms with Crippen LogP contribution in [0.1, 0.15) is 43.5 Å². The van der Waals surface area contributed by atoms with E-state index >= 15 is 0 Å². The van der Waals surface area contributed by atoms with E-state index in [0.717, 1.165) is 35.9 Å². The number of H-pyrrole nitrogens is 1.